The predicted molar refractivity (Wildman–Crippen MR) is 136 cm³/mol. The van der Waals surface area contributed by atoms with Crippen molar-refractivity contribution in [2.75, 3.05) is 0 Å². The number of halogens is 1. The second-order valence-corrected chi connectivity index (χ2v) is 10.1. The molecule has 9 heteroatoms. The van der Waals surface area contributed by atoms with Crippen molar-refractivity contribution in [2.45, 2.75) is 12.8 Å². The van der Waals surface area contributed by atoms with Gasteiger partial charge in [0.1, 0.15) is 11.9 Å². The smallest absolute Gasteiger partial charge is 0.344 e. The molecule has 0 spiro atoms. The van der Waals surface area contributed by atoms with E-state index in [9.17, 15) is 4.79 Å². The molecule has 7 rings (SSSR count). The molecule has 0 fully saturated rings. The van der Waals surface area contributed by atoms with Gasteiger partial charge in [-0.3, -0.25) is 0 Å². The Labute approximate surface area is 210 Å². The maximum atomic E-state index is 13.4. The first-order valence-corrected chi connectivity index (χ1v) is 12.5. The fourth-order valence-electron chi connectivity index (χ4n) is 4.63. The topological polar surface area (TPSA) is 82.5 Å². The number of aromatic nitrogens is 4. The number of thiophene rings is 1. The van der Waals surface area contributed by atoms with Crippen molar-refractivity contribution in [3.8, 4) is 23.0 Å². The zero-order valence-corrected chi connectivity index (χ0v) is 20.6. The van der Waals surface area contributed by atoms with Crippen LogP contribution >= 0.6 is 27.3 Å². The number of hydrogen-bond acceptors (Lipinski definition) is 7. The van der Waals surface area contributed by atoms with Gasteiger partial charge >= 0.3 is 5.63 Å². The summed E-state index contributed by atoms with van der Waals surface area (Å²) in [5, 5.41) is 7.42. The molecule has 5 heterocycles. The Kier molecular flexibility index (Phi) is 4.46. The van der Waals surface area contributed by atoms with E-state index in [1.54, 1.807) is 28.2 Å². The average molecular weight is 543 g/mol. The summed E-state index contributed by atoms with van der Waals surface area (Å²) in [6.45, 7) is 2.03. The molecule has 0 radical (unpaired) electrons. The molecular weight excluding hydrogens is 528 g/mol. The molecule has 1 aliphatic heterocycles. The summed E-state index contributed by atoms with van der Waals surface area (Å²) in [5.41, 5.74) is 3.68. The van der Waals surface area contributed by atoms with Crippen LogP contribution in [0.2, 0.25) is 0 Å². The third-order valence-electron chi connectivity index (χ3n) is 6.24. The molecule has 0 aliphatic carbocycles. The largest absolute Gasteiger partial charge is 0.437 e. The van der Waals surface area contributed by atoms with Crippen LogP contribution in [0.3, 0.4) is 0 Å². The lowest BCUT2D eigenvalue weighted by Crippen LogP contribution is -2.22. The monoisotopic (exact) mass is 542 g/mol. The van der Waals surface area contributed by atoms with E-state index in [1.807, 2.05) is 60.8 Å². The Morgan fingerprint density at radius 3 is 2.71 bits per heavy atom. The molecule has 1 unspecified atom stereocenters. The maximum Gasteiger partial charge on any atom is 0.344 e. The van der Waals surface area contributed by atoms with Crippen LogP contribution in [0.4, 0.5) is 0 Å². The predicted octanol–water partition coefficient (Wildman–Crippen LogP) is 6.32. The second-order valence-electron chi connectivity index (χ2n) is 8.28. The Morgan fingerprint density at radius 2 is 1.89 bits per heavy atom. The summed E-state index contributed by atoms with van der Waals surface area (Å²) < 4.78 is 14.6. The quantitative estimate of drug-likeness (QED) is 0.238. The van der Waals surface area contributed by atoms with Gasteiger partial charge in [0.2, 0.25) is 5.88 Å². The molecule has 7 nitrogen and oxygen atoms in total. The first-order valence-electron chi connectivity index (χ1n) is 10.9. The Morgan fingerprint density at radius 1 is 1.06 bits per heavy atom. The second kappa shape index (κ2) is 7.59. The number of ether oxygens (including phenoxy) is 1. The van der Waals surface area contributed by atoms with Crippen LogP contribution in [-0.2, 0) is 0 Å². The number of nitrogens with zero attached hydrogens (tertiary/aromatic N) is 4. The summed E-state index contributed by atoms with van der Waals surface area (Å²) in [6.07, 6.45) is 1.60. The van der Waals surface area contributed by atoms with Gasteiger partial charge in [0.25, 0.3) is 0 Å². The lowest BCUT2D eigenvalue weighted by atomic mass is 9.87. The van der Waals surface area contributed by atoms with Crippen molar-refractivity contribution in [3.63, 3.8) is 0 Å². The normalized spacial score (nSPS) is 14.6. The van der Waals surface area contributed by atoms with Crippen LogP contribution in [-0.4, -0.2) is 19.6 Å². The van der Waals surface area contributed by atoms with E-state index in [4.69, 9.17) is 14.1 Å². The third-order valence-corrected chi connectivity index (χ3v) is 8.02. The summed E-state index contributed by atoms with van der Waals surface area (Å²) in [4.78, 5) is 23.9. The van der Waals surface area contributed by atoms with Crippen molar-refractivity contribution in [2.24, 2.45) is 0 Å². The minimum atomic E-state index is -0.456. The maximum absolute atomic E-state index is 13.4. The average Bonchev–Trinajstić information content (AvgIpc) is 3.49. The van der Waals surface area contributed by atoms with E-state index in [-0.39, 0.29) is 0 Å². The molecule has 0 saturated heterocycles. The van der Waals surface area contributed by atoms with Gasteiger partial charge in [0, 0.05) is 14.9 Å². The summed E-state index contributed by atoms with van der Waals surface area (Å²) >= 11 is 5.17. The van der Waals surface area contributed by atoms with E-state index < -0.39 is 11.5 Å². The molecule has 2 aromatic carbocycles. The zero-order chi connectivity index (χ0) is 23.7. The first-order chi connectivity index (χ1) is 17.1. The van der Waals surface area contributed by atoms with Gasteiger partial charge in [-0.25, -0.2) is 19.3 Å². The number of para-hydroxylation sites is 1. The summed E-state index contributed by atoms with van der Waals surface area (Å²) in [7, 11) is 0. The number of fused-ring (bicyclic) bond motifs is 6. The molecule has 4 aromatic heterocycles. The van der Waals surface area contributed by atoms with E-state index >= 15 is 0 Å². The van der Waals surface area contributed by atoms with Crippen LogP contribution in [0, 0.1) is 6.92 Å². The van der Waals surface area contributed by atoms with Gasteiger partial charge < -0.3 is 9.15 Å². The minimum Gasteiger partial charge on any atom is -0.437 e. The van der Waals surface area contributed by atoms with Crippen LogP contribution in [0.1, 0.15) is 27.5 Å². The number of benzene rings is 2. The first kappa shape index (κ1) is 20.5. The number of aryl methyl sites for hydroxylation is 1. The summed E-state index contributed by atoms with van der Waals surface area (Å²) in [6, 6.07) is 17.2. The van der Waals surface area contributed by atoms with Gasteiger partial charge in [0.05, 0.1) is 22.4 Å². The molecule has 0 N–H and O–H groups in total. The molecule has 0 amide bonds. The Bertz CT molecular complexity index is 1860. The molecule has 1 atom stereocenters. The van der Waals surface area contributed by atoms with Gasteiger partial charge in [-0.15, -0.1) is 16.4 Å². The highest BCUT2D eigenvalue weighted by Gasteiger charge is 2.38. The van der Waals surface area contributed by atoms with Crippen LogP contribution < -0.4 is 10.4 Å². The highest BCUT2D eigenvalue weighted by Crippen LogP contribution is 2.50. The van der Waals surface area contributed by atoms with Crippen LogP contribution in [0.25, 0.3) is 28.0 Å². The SMILES string of the molecule is Cc1ccsc1C1c2c(c3ccccc3oc2=O)Oc2ncn3nc(-c4ccccc4Br)nc3c21. The van der Waals surface area contributed by atoms with E-state index in [1.165, 1.54) is 0 Å². The fourth-order valence-corrected chi connectivity index (χ4v) is 6.14. The molecule has 1 aliphatic rings. The number of hydrogen-bond donors (Lipinski definition) is 0. The van der Waals surface area contributed by atoms with E-state index in [2.05, 4.69) is 26.0 Å². The van der Waals surface area contributed by atoms with Crippen molar-refractivity contribution in [1.29, 1.82) is 0 Å². The standard InChI is InChI=1S/C26H15BrN4O3S/c1-13-10-11-35-22(13)18-19-21(15-7-3-5-9-17(15)33-26(19)32)34-25-20(18)24-29-23(30-31(24)12-28-25)14-6-2-4-8-16(14)27/h2-12,18H,1H3. The van der Waals surface area contributed by atoms with Gasteiger partial charge in [-0.05, 0) is 48.2 Å². The minimum absolute atomic E-state index is 0.407. The fraction of sp³-hybridized carbons (Fsp3) is 0.0769. The number of rotatable bonds is 2. The van der Waals surface area contributed by atoms with Crippen molar-refractivity contribution in [3.05, 3.63) is 103 Å². The van der Waals surface area contributed by atoms with Crippen molar-refractivity contribution in [1.82, 2.24) is 19.6 Å². The van der Waals surface area contributed by atoms with Crippen molar-refractivity contribution < 1.29 is 9.15 Å². The van der Waals surface area contributed by atoms with E-state index in [0.29, 0.717) is 39.8 Å². The van der Waals surface area contributed by atoms with E-state index in [0.717, 1.165) is 25.9 Å². The Hall–Kier alpha value is -3.82. The van der Waals surface area contributed by atoms with Crippen LogP contribution in [0.5, 0.6) is 11.6 Å². The molecule has 6 aromatic rings. The Balaban J connectivity index is 1.57. The zero-order valence-electron chi connectivity index (χ0n) is 18.2. The van der Waals surface area contributed by atoms with Gasteiger partial charge in [0.15, 0.2) is 17.2 Å². The lowest BCUT2D eigenvalue weighted by Gasteiger charge is -2.26. The lowest BCUT2D eigenvalue weighted by molar-refractivity contribution is 0.423. The molecule has 0 saturated carbocycles. The van der Waals surface area contributed by atoms with Gasteiger partial charge in [-0.2, -0.15) is 0 Å². The third kappa shape index (κ3) is 3.01. The van der Waals surface area contributed by atoms with Gasteiger partial charge in [-0.1, -0.05) is 40.2 Å². The van der Waals surface area contributed by atoms with Crippen molar-refractivity contribution >= 4 is 43.9 Å². The molecule has 170 valence electrons. The highest BCUT2D eigenvalue weighted by molar-refractivity contribution is 9.10. The summed E-state index contributed by atoms with van der Waals surface area (Å²) in [5.74, 6) is 0.974. The molecule has 35 heavy (non-hydrogen) atoms. The van der Waals surface area contributed by atoms with Crippen LogP contribution in [0.15, 0.2) is 80.0 Å². The molecular formula is C26H15BrN4O3S. The molecule has 0 bridgehead atoms. The highest BCUT2D eigenvalue weighted by atomic mass is 79.9.